The second-order valence-electron chi connectivity index (χ2n) is 6.74. The van der Waals surface area contributed by atoms with Crippen LogP contribution in [0.4, 0.5) is 0 Å². The van der Waals surface area contributed by atoms with Crippen LogP contribution in [0.3, 0.4) is 0 Å². The van der Waals surface area contributed by atoms with Crippen LogP contribution in [0.5, 0.6) is 0 Å². The SMILES string of the molecule is C[C]1[C](CC(c2ccccc2)N2[C]N(C)C=C2)C(C)=C(C)C1C. The largest absolute Gasteiger partial charge is 0.349 e. The van der Waals surface area contributed by atoms with Gasteiger partial charge in [0.2, 0.25) is 6.67 Å². The molecule has 0 N–H and O–H groups in total. The highest BCUT2D eigenvalue weighted by Gasteiger charge is 2.37. The second-order valence-corrected chi connectivity index (χ2v) is 6.74. The average molecular weight is 306 g/mol. The first-order valence-corrected chi connectivity index (χ1v) is 8.37. The summed E-state index contributed by atoms with van der Waals surface area (Å²) in [5.41, 5.74) is 4.34. The van der Waals surface area contributed by atoms with Crippen molar-refractivity contribution in [2.45, 2.75) is 40.2 Å². The first-order valence-electron chi connectivity index (χ1n) is 8.37. The minimum absolute atomic E-state index is 0.287. The maximum absolute atomic E-state index is 3.40. The molecule has 3 rings (SSSR count). The van der Waals surface area contributed by atoms with E-state index in [0.717, 1.165) is 6.42 Å². The number of rotatable bonds is 4. The Bertz CT molecular complexity index is 602. The van der Waals surface area contributed by atoms with Crippen molar-refractivity contribution in [3.63, 3.8) is 0 Å². The van der Waals surface area contributed by atoms with Crippen molar-refractivity contribution in [3.8, 4) is 0 Å². The second kappa shape index (κ2) is 6.43. The van der Waals surface area contributed by atoms with Crippen LogP contribution >= 0.6 is 0 Å². The summed E-state index contributed by atoms with van der Waals surface area (Å²) in [5.74, 6) is 3.62. The van der Waals surface area contributed by atoms with Gasteiger partial charge in [0.1, 0.15) is 0 Å². The third-order valence-electron chi connectivity index (χ3n) is 5.46. The van der Waals surface area contributed by atoms with Gasteiger partial charge >= 0.3 is 0 Å². The lowest BCUT2D eigenvalue weighted by Gasteiger charge is -2.32. The summed E-state index contributed by atoms with van der Waals surface area (Å²) in [6.45, 7) is 12.6. The van der Waals surface area contributed by atoms with E-state index in [9.17, 15) is 0 Å². The summed E-state index contributed by atoms with van der Waals surface area (Å²) >= 11 is 0. The first-order chi connectivity index (χ1) is 11.0. The van der Waals surface area contributed by atoms with Crippen LogP contribution in [0, 0.1) is 24.4 Å². The molecule has 1 aliphatic heterocycles. The molecule has 1 aliphatic carbocycles. The molecule has 0 fully saturated rings. The minimum atomic E-state index is 0.287. The zero-order chi connectivity index (χ0) is 16.6. The highest BCUT2D eigenvalue weighted by atomic mass is 15.3. The quantitative estimate of drug-likeness (QED) is 0.773. The van der Waals surface area contributed by atoms with Crippen molar-refractivity contribution in [2.24, 2.45) is 5.92 Å². The fourth-order valence-electron chi connectivity index (χ4n) is 3.60. The number of hydrogen-bond acceptors (Lipinski definition) is 2. The summed E-state index contributed by atoms with van der Waals surface area (Å²) in [7, 11) is 2.02. The molecule has 4 radical (unpaired) electrons. The maximum Gasteiger partial charge on any atom is 0.208 e. The number of benzene rings is 1. The standard InChI is InChI=1S/C21H26N2/c1-15-16(2)18(4)20(17(15)3)13-21(19-9-7-6-8-10-19)23-12-11-22(5)14-23/h6-12,15,21H,13H2,1-5H3. The normalized spacial score (nSPS) is 24.1. The molecule has 1 heterocycles. The van der Waals surface area contributed by atoms with E-state index >= 15 is 0 Å². The Morgan fingerprint density at radius 3 is 2.30 bits per heavy atom. The van der Waals surface area contributed by atoms with Crippen molar-refractivity contribution in [1.82, 2.24) is 9.80 Å². The van der Waals surface area contributed by atoms with Crippen LogP contribution in [0.25, 0.3) is 0 Å². The Labute approximate surface area is 141 Å². The Kier molecular flexibility index (Phi) is 4.52. The zero-order valence-corrected chi connectivity index (χ0v) is 14.8. The van der Waals surface area contributed by atoms with Gasteiger partial charge in [0.25, 0.3) is 0 Å². The summed E-state index contributed by atoms with van der Waals surface area (Å²) in [6, 6.07) is 11.1. The molecule has 0 amide bonds. The van der Waals surface area contributed by atoms with E-state index in [1.807, 2.05) is 11.9 Å². The predicted octanol–water partition coefficient (Wildman–Crippen LogP) is 4.99. The van der Waals surface area contributed by atoms with Gasteiger partial charge in [-0.1, -0.05) is 55.3 Å². The lowest BCUT2D eigenvalue weighted by atomic mass is 9.82. The summed E-state index contributed by atoms with van der Waals surface area (Å²) in [6.07, 6.45) is 5.20. The number of hydrogen-bond donors (Lipinski definition) is 0. The van der Waals surface area contributed by atoms with E-state index in [4.69, 9.17) is 0 Å². The summed E-state index contributed by atoms with van der Waals surface area (Å²) in [4.78, 5) is 4.20. The van der Waals surface area contributed by atoms with Gasteiger partial charge in [-0.3, -0.25) is 0 Å². The van der Waals surface area contributed by atoms with E-state index < -0.39 is 0 Å². The van der Waals surface area contributed by atoms with Crippen LogP contribution < -0.4 is 0 Å². The van der Waals surface area contributed by atoms with Gasteiger partial charge in [-0.05, 0) is 37.7 Å². The Morgan fingerprint density at radius 2 is 1.78 bits per heavy atom. The van der Waals surface area contributed by atoms with Crippen LogP contribution in [0.15, 0.2) is 53.9 Å². The number of allylic oxidation sites excluding steroid dienone is 2. The predicted molar refractivity (Wildman–Crippen MR) is 95.5 cm³/mol. The molecule has 120 valence electrons. The highest BCUT2D eigenvalue weighted by molar-refractivity contribution is 5.48. The molecular weight excluding hydrogens is 280 g/mol. The molecular formula is C21H26N2. The maximum atomic E-state index is 3.40. The highest BCUT2D eigenvalue weighted by Crippen LogP contribution is 2.49. The van der Waals surface area contributed by atoms with Crippen LogP contribution in [-0.4, -0.2) is 16.8 Å². The number of nitrogens with zero attached hydrogens (tertiary/aromatic N) is 2. The molecule has 1 aromatic carbocycles. The molecule has 0 bridgehead atoms. The Morgan fingerprint density at radius 1 is 1.09 bits per heavy atom. The molecule has 2 unspecified atom stereocenters. The van der Waals surface area contributed by atoms with Gasteiger partial charge in [-0.2, -0.15) is 0 Å². The third-order valence-corrected chi connectivity index (χ3v) is 5.46. The minimum Gasteiger partial charge on any atom is -0.349 e. The van der Waals surface area contributed by atoms with Crippen LogP contribution in [-0.2, 0) is 0 Å². The molecule has 2 nitrogen and oxygen atoms in total. The fraction of sp³-hybridized carbons (Fsp3) is 0.381. The van der Waals surface area contributed by atoms with Crippen molar-refractivity contribution >= 4 is 0 Å². The van der Waals surface area contributed by atoms with Crippen molar-refractivity contribution in [3.05, 3.63) is 77.9 Å². The van der Waals surface area contributed by atoms with Gasteiger partial charge in [0.05, 0.1) is 6.04 Å². The van der Waals surface area contributed by atoms with Crippen molar-refractivity contribution in [1.29, 1.82) is 0 Å². The van der Waals surface area contributed by atoms with E-state index in [1.165, 1.54) is 28.5 Å². The van der Waals surface area contributed by atoms with E-state index in [1.54, 1.807) is 0 Å². The fourth-order valence-corrected chi connectivity index (χ4v) is 3.60. The monoisotopic (exact) mass is 306 g/mol. The summed E-state index contributed by atoms with van der Waals surface area (Å²) < 4.78 is 0. The topological polar surface area (TPSA) is 6.48 Å². The van der Waals surface area contributed by atoms with Gasteiger partial charge in [0.15, 0.2) is 0 Å². The van der Waals surface area contributed by atoms with Crippen LogP contribution in [0.1, 0.15) is 45.7 Å². The summed E-state index contributed by atoms with van der Waals surface area (Å²) in [5, 5.41) is 0. The van der Waals surface area contributed by atoms with E-state index in [-0.39, 0.29) is 6.04 Å². The van der Waals surface area contributed by atoms with E-state index in [2.05, 4.69) is 82.0 Å². The van der Waals surface area contributed by atoms with Gasteiger partial charge in [0, 0.05) is 25.4 Å². The van der Waals surface area contributed by atoms with E-state index in [0.29, 0.717) is 5.92 Å². The Balaban J connectivity index is 1.87. The zero-order valence-electron chi connectivity index (χ0n) is 14.8. The average Bonchev–Trinajstić information content (AvgIpc) is 3.06. The van der Waals surface area contributed by atoms with Crippen molar-refractivity contribution in [2.75, 3.05) is 7.05 Å². The molecule has 2 atom stereocenters. The molecule has 0 saturated carbocycles. The lowest BCUT2D eigenvalue weighted by molar-refractivity contribution is 0.289. The molecule has 2 aliphatic rings. The van der Waals surface area contributed by atoms with Crippen molar-refractivity contribution < 1.29 is 0 Å². The molecule has 0 spiro atoms. The van der Waals surface area contributed by atoms with Gasteiger partial charge in [-0.15, -0.1) is 0 Å². The molecule has 0 saturated heterocycles. The third kappa shape index (κ3) is 3.04. The molecule has 2 heteroatoms. The lowest BCUT2D eigenvalue weighted by Crippen LogP contribution is -2.25. The molecule has 0 aromatic heterocycles. The smallest absolute Gasteiger partial charge is 0.208 e. The van der Waals surface area contributed by atoms with Crippen LogP contribution in [0.2, 0.25) is 0 Å². The van der Waals surface area contributed by atoms with Gasteiger partial charge in [-0.25, -0.2) is 0 Å². The Hall–Kier alpha value is -1.70. The van der Waals surface area contributed by atoms with Gasteiger partial charge < -0.3 is 9.80 Å². The first kappa shape index (κ1) is 16.2. The molecule has 23 heavy (non-hydrogen) atoms. The molecule has 1 aromatic rings.